The minimum atomic E-state index is -0.0370. The van der Waals surface area contributed by atoms with Crippen LogP contribution in [0.15, 0.2) is 61.3 Å². The van der Waals surface area contributed by atoms with Crippen LogP contribution in [-0.2, 0) is 0 Å². The van der Waals surface area contributed by atoms with Gasteiger partial charge in [0.2, 0.25) is 0 Å². The molecule has 0 radical (unpaired) electrons. The molecule has 3 rings (SSSR count). The second-order valence-corrected chi connectivity index (χ2v) is 7.85. The predicted molar refractivity (Wildman–Crippen MR) is 145 cm³/mol. The lowest BCUT2D eigenvalue weighted by molar-refractivity contribution is 0.611. The molecule has 4 heteroatoms. The Morgan fingerprint density at radius 1 is 1.12 bits per heavy atom. The maximum Gasteiger partial charge on any atom is 0.126 e. The Morgan fingerprint density at radius 3 is 2.33 bits per heavy atom. The molecule has 3 nitrogen and oxygen atoms in total. The van der Waals surface area contributed by atoms with Crippen molar-refractivity contribution in [2.45, 2.75) is 71.6 Å². The highest BCUT2D eigenvalue weighted by atomic mass is 19.1. The third-order valence-electron chi connectivity index (χ3n) is 4.83. The number of hydrogen-bond acceptors (Lipinski definition) is 3. The molecule has 0 bridgehead atoms. The lowest BCUT2D eigenvalue weighted by atomic mass is 10.1. The van der Waals surface area contributed by atoms with Gasteiger partial charge in [0.1, 0.15) is 5.82 Å². The second-order valence-electron chi connectivity index (χ2n) is 7.85. The van der Waals surface area contributed by atoms with Gasteiger partial charge in [0.05, 0.1) is 5.69 Å². The molecule has 2 aromatic rings. The van der Waals surface area contributed by atoms with Crippen LogP contribution in [0.4, 0.5) is 10.1 Å². The van der Waals surface area contributed by atoms with Gasteiger partial charge in [-0.3, -0.25) is 4.98 Å². The average molecular weight is 456 g/mol. The van der Waals surface area contributed by atoms with E-state index in [1.165, 1.54) is 43.7 Å². The molecule has 1 aromatic heterocycles. The molecule has 0 unspecified atom stereocenters. The molecular formula is C29H46FN3. The van der Waals surface area contributed by atoms with Crippen LogP contribution < -0.4 is 10.6 Å². The summed E-state index contributed by atoms with van der Waals surface area (Å²) in [4.78, 5) is 4.18. The van der Waals surface area contributed by atoms with Gasteiger partial charge in [0.25, 0.3) is 0 Å². The normalized spacial score (nSPS) is 11.5. The molecule has 2 N–H and O–H groups in total. The number of pyridine rings is 1. The lowest BCUT2D eigenvalue weighted by Crippen LogP contribution is -2.02. The van der Waals surface area contributed by atoms with Gasteiger partial charge in [-0.2, -0.15) is 0 Å². The molecule has 1 fully saturated rings. The number of unbranched alkanes of at least 4 members (excludes halogenated alkanes) is 1. The van der Waals surface area contributed by atoms with Crippen molar-refractivity contribution in [3.63, 3.8) is 0 Å². The van der Waals surface area contributed by atoms with E-state index in [1.807, 2.05) is 52.2 Å². The quantitative estimate of drug-likeness (QED) is 0.280. The van der Waals surface area contributed by atoms with E-state index in [-0.39, 0.29) is 5.82 Å². The Hall–Kier alpha value is -2.46. The molecule has 1 aromatic carbocycles. The topological polar surface area (TPSA) is 37.0 Å². The van der Waals surface area contributed by atoms with Crippen molar-refractivity contribution in [2.75, 3.05) is 26.0 Å². The zero-order valence-corrected chi connectivity index (χ0v) is 21.6. The molecule has 0 spiro atoms. The summed E-state index contributed by atoms with van der Waals surface area (Å²) >= 11 is 0. The number of benzene rings is 1. The first kappa shape index (κ1) is 30.5. The van der Waals surface area contributed by atoms with Gasteiger partial charge in [0.15, 0.2) is 0 Å². The van der Waals surface area contributed by atoms with Crippen molar-refractivity contribution >= 4 is 11.8 Å². The molecule has 0 aliphatic heterocycles. The molecule has 1 heterocycles. The molecule has 1 aliphatic carbocycles. The third-order valence-corrected chi connectivity index (χ3v) is 4.83. The van der Waals surface area contributed by atoms with Crippen LogP contribution in [0, 0.1) is 5.82 Å². The van der Waals surface area contributed by atoms with Crippen molar-refractivity contribution in [1.29, 1.82) is 0 Å². The van der Waals surface area contributed by atoms with Crippen molar-refractivity contribution < 1.29 is 4.39 Å². The van der Waals surface area contributed by atoms with Gasteiger partial charge in [-0.1, -0.05) is 64.1 Å². The minimum absolute atomic E-state index is 0.0370. The Kier molecular flexibility index (Phi) is 18.7. The smallest absolute Gasteiger partial charge is 0.126 e. The van der Waals surface area contributed by atoms with Crippen molar-refractivity contribution in [1.82, 2.24) is 10.3 Å². The maximum absolute atomic E-state index is 12.9. The number of rotatable bonds is 10. The van der Waals surface area contributed by atoms with E-state index < -0.39 is 0 Å². The fraction of sp³-hybridized carbons (Fsp3) is 0.483. The summed E-state index contributed by atoms with van der Waals surface area (Å²) in [6, 6.07) is 11.1. The molecule has 1 aliphatic rings. The van der Waals surface area contributed by atoms with Gasteiger partial charge in [-0.15, -0.1) is 0 Å². The molecule has 0 amide bonds. The van der Waals surface area contributed by atoms with Gasteiger partial charge in [-0.05, 0) is 88.4 Å². The van der Waals surface area contributed by atoms with E-state index in [4.69, 9.17) is 0 Å². The summed E-state index contributed by atoms with van der Waals surface area (Å²) < 4.78 is 12.9. The van der Waals surface area contributed by atoms with E-state index in [1.54, 1.807) is 18.3 Å². The highest BCUT2D eigenvalue weighted by Gasteiger charge is 2.25. The van der Waals surface area contributed by atoms with Gasteiger partial charge in [0, 0.05) is 18.4 Å². The van der Waals surface area contributed by atoms with Crippen LogP contribution in [0.2, 0.25) is 0 Å². The summed E-state index contributed by atoms with van der Waals surface area (Å²) in [7, 11) is 3.75. The van der Waals surface area contributed by atoms with Gasteiger partial charge >= 0.3 is 0 Å². The van der Waals surface area contributed by atoms with Crippen molar-refractivity contribution in [2.24, 2.45) is 0 Å². The molecular weight excluding hydrogens is 409 g/mol. The number of nitrogens with zero attached hydrogens (tertiary/aromatic N) is 1. The van der Waals surface area contributed by atoms with E-state index in [0.29, 0.717) is 5.92 Å². The monoisotopic (exact) mass is 455 g/mol. The number of aromatic nitrogens is 1. The van der Waals surface area contributed by atoms with E-state index in [9.17, 15) is 4.39 Å². The summed E-state index contributed by atoms with van der Waals surface area (Å²) in [5, 5.41) is 6.15. The van der Waals surface area contributed by atoms with Gasteiger partial charge in [-0.25, -0.2) is 4.39 Å². The molecule has 33 heavy (non-hydrogen) atoms. The van der Waals surface area contributed by atoms with Crippen LogP contribution in [0.1, 0.15) is 82.9 Å². The Labute approximate surface area is 202 Å². The summed E-state index contributed by atoms with van der Waals surface area (Å²) in [6.07, 6.45) is 11.8. The van der Waals surface area contributed by atoms with Crippen molar-refractivity contribution in [3.8, 4) is 0 Å². The van der Waals surface area contributed by atoms with Crippen molar-refractivity contribution in [3.05, 3.63) is 78.4 Å². The molecule has 184 valence electrons. The molecule has 1 saturated carbocycles. The molecule has 0 saturated heterocycles. The summed E-state index contributed by atoms with van der Waals surface area (Å²) in [5.74, 6) is 0.492. The van der Waals surface area contributed by atoms with Crippen LogP contribution in [0.5, 0.6) is 0 Å². The fourth-order valence-electron chi connectivity index (χ4n) is 2.99. The second kappa shape index (κ2) is 20.2. The Balaban J connectivity index is 0.000000569. The van der Waals surface area contributed by atoms with E-state index in [0.717, 1.165) is 36.3 Å². The van der Waals surface area contributed by atoms with Crippen LogP contribution in [0.25, 0.3) is 6.08 Å². The predicted octanol–water partition coefficient (Wildman–Crippen LogP) is 8.23. The number of allylic oxidation sites excluding steroid dienone is 1. The minimum Gasteiger partial charge on any atom is -0.385 e. The maximum atomic E-state index is 12.9. The number of nitrogens with one attached hydrogen (secondary N) is 2. The van der Waals surface area contributed by atoms with Crippen LogP contribution in [0.3, 0.4) is 0 Å². The Bertz CT molecular complexity index is 769. The summed E-state index contributed by atoms with van der Waals surface area (Å²) in [6.45, 7) is 15.0. The fourth-order valence-corrected chi connectivity index (χ4v) is 2.99. The third kappa shape index (κ3) is 15.1. The lowest BCUT2D eigenvalue weighted by Gasteiger charge is -2.08. The first-order valence-corrected chi connectivity index (χ1v) is 12.4. The highest BCUT2D eigenvalue weighted by Crippen LogP contribution is 2.40. The largest absolute Gasteiger partial charge is 0.385 e. The van der Waals surface area contributed by atoms with Gasteiger partial charge < -0.3 is 10.6 Å². The first-order valence-electron chi connectivity index (χ1n) is 12.4. The van der Waals surface area contributed by atoms with E-state index in [2.05, 4.69) is 35.7 Å². The summed E-state index contributed by atoms with van der Waals surface area (Å²) in [5.41, 5.74) is 4.30. The van der Waals surface area contributed by atoms with E-state index >= 15 is 0 Å². The molecule has 0 atom stereocenters. The number of halogens is 1. The average Bonchev–Trinajstić information content (AvgIpc) is 3.68. The standard InChI is InChI=1S/C16H24N2.C9H9F.C2H7N.C2H6/c1-4-6-8-14(3)9-7-11-17-16-10-12-18-15(5-2)13-16;10-9-4-2-1-3-8(9)7-5-6-7;1-3-2;1-2/h5,10,12-13H,2-4,6-9,11H2,1H3,(H,17,18);1-4,7H,5-6H2;3H,1-2H3;1-2H3. The Morgan fingerprint density at radius 2 is 1.76 bits per heavy atom. The zero-order chi connectivity index (χ0) is 24.9. The van der Waals surface area contributed by atoms with Crippen LogP contribution in [-0.4, -0.2) is 25.6 Å². The van der Waals surface area contributed by atoms with Crippen LogP contribution >= 0.6 is 0 Å². The number of anilines is 1. The first-order chi connectivity index (χ1) is 16.0. The zero-order valence-electron chi connectivity index (χ0n) is 21.6. The highest BCUT2D eigenvalue weighted by molar-refractivity contribution is 5.52. The number of hydrogen-bond donors (Lipinski definition) is 2. The SMILES string of the molecule is C=Cc1cc(NCCCC(=C)CCCC)ccn1.CC.CNC.Fc1ccccc1C1CC1.